The Balaban J connectivity index is 2.68. The number of benzene rings is 1. The van der Waals surface area contributed by atoms with E-state index >= 15 is 0 Å². The Kier molecular flexibility index (Phi) is 6.89. The lowest BCUT2D eigenvalue weighted by molar-refractivity contribution is -0.143. The van der Waals surface area contributed by atoms with Crippen molar-refractivity contribution in [2.24, 2.45) is 0 Å². The van der Waals surface area contributed by atoms with Gasteiger partial charge in [0.2, 0.25) is 0 Å². The number of esters is 1. The van der Waals surface area contributed by atoms with Crippen LogP contribution in [0.3, 0.4) is 0 Å². The second kappa shape index (κ2) is 8.41. The molecule has 22 heavy (non-hydrogen) atoms. The maximum atomic E-state index is 12.1. The van der Waals surface area contributed by atoms with Crippen LogP contribution in [0, 0.1) is 6.92 Å². The van der Waals surface area contributed by atoms with Crippen LogP contribution >= 0.6 is 0 Å². The Hall–Kier alpha value is -2.04. The lowest BCUT2D eigenvalue weighted by Gasteiger charge is -2.18. The van der Waals surface area contributed by atoms with Crippen LogP contribution in [-0.2, 0) is 9.53 Å². The first kappa shape index (κ1) is 18.0. The van der Waals surface area contributed by atoms with E-state index < -0.39 is 0 Å². The fourth-order valence-electron chi connectivity index (χ4n) is 2.24. The van der Waals surface area contributed by atoms with Crippen molar-refractivity contribution >= 4 is 17.7 Å². The molecule has 0 aliphatic rings. The highest BCUT2D eigenvalue weighted by Crippen LogP contribution is 2.27. The zero-order valence-corrected chi connectivity index (χ0v) is 14.0. The molecule has 0 aromatic heterocycles. The van der Waals surface area contributed by atoms with Gasteiger partial charge in [-0.1, -0.05) is 32.0 Å². The van der Waals surface area contributed by atoms with Crippen LogP contribution in [0.4, 0.5) is 10.5 Å². The van der Waals surface area contributed by atoms with Crippen LogP contribution in [0.15, 0.2) is 18.2 Å². The molecule has 2 amide bonds. The largest absolute Gasteiger partial charge is 0.466 e. The van der Waals surface area contributed by atoms with Crippen molar-refractivity contribution < 1.29 is 14.3 Å². The van der Waals surface area contributed by atoms with Gasteiger partial charge in [-0.05, 0) is 37.8 Å². The molecule has 0 aliphatic heterocycles. The normalized spacial score (nSPS) is 11.9. The van der Waals surface area contributed by atoms with Crippen LogP contribution in [0.2, 0.25) is 0 Å². The quantitative estimate of drug-likeness (QED) is 0.789. The van der Waals surface area contributed by atoms with Crippen molar-refractivity contribution in [2.75, 3.05) is 11.9 Å². The standard InChI is InChI=1S/C17H26N2O3/c1-6-22-15(20)10-13(5)18-17(21)19-16-12(4)8-7-9-14(16)11(2)3/h7-9,11,13H,6,10H2,1-5H3,(H2,18,19,21). The second-order valence-corrected chi connectivity index (χ2v) is 5.70. The number of nitrogens with one attached hydrogen (secondary N) is 2. The van der Waals surface area contributed by atoms with Crippen molar-refractivity contribution in [3.8, 4) is 0 Å². The van der Waals surface area contributed by atoms with Gasteiger partial charge in [0.05, 0.1) is 13.0 Å². The maximum absolute atomic E-state index is 12.1. The maximum Gasteiger partial charge on any atom is 0.319 e. The van der Waals surface area contributed by atoms with E-state index in [1.54, 1.807) is 13.8 Å². The fourth-order valence-corrected chi connectivity index (χ4v) is 2.24. The first-order valence-corrected chi connectivity index (χ1v) is 7.67. The van der Waals surface area contributed by atoms with Gasteiger partial charge in [-0.15, -0.1) is 0 Å². The lowest BCUT2D eigenvalue weighted by Crippen LogP contribution is -2.38. The molecule has 0 fully saturated rings. The van der Waals surface area contributed by atoms with Crippen molar-refractivity contribution in [2.45, 2.75) is 53.0 Å². The summed E-state index contributed by atoms with van der Waals surface area (Å²) >= 11 is 0. The summed E-state index contributed by atoms with van der Waals surface area (Å²) in [6.45, 7) is 10.0. The molecule has 0 spiro atoms. The number of rotatable bonds is 6. The minimum absolute atomic E-state index is 0.159. The van der Waals surface area contributed by atoms with Crippen LogP contribution in [0.5, 0.6) is 0 Å². The van der Waals surface area contributed by atoms with Crippen LogP contribution in [0.25, 0.3) is 0 Å². The molecule has 5 nitrogen and oxygen atoms in total. The molecule has 2 N–H and O–H groups in total. The third kappa shape index (κ3) is 5.39. The number of carbonyl (C=O) groups is 2. The number of ether oxygens (including phenoxy) is 1. The molecule has 5 heteroatoms. The van der Waals surface area contributed by atoms with Crippen LogP contribution in [0.1, 0.15) is 51.2 Å². The van der Waals surface area contributed by atoms with Crippen molar-refractivity contribution in [3.63, 3.8) is 0 Å². The molecule has 1 aromatic carbocycles. The number of hydrogen-bond donors (Lipinski definition) is 2. The molecule has 1 unspecified atom stereocenters. The van der Waals surface area contributed by atoms with E-state index in [-0.39, 0.29) is 24.5 Å². The first-order valence-electron chi connectivity index (χ1n) is 7.67. The Labute approximate surface area is 132 Å². The van der Waals surface area contributed by atoms with E-state index in [9.17, 15) is 9.59 Å². The highest BCUT2D eigenvalue weighted by atomic mass is 16.5. The molecule has 0 saturated heterocycles. The molecule has 0 heterocycles. The minimum atomic E-state index is -0.312. The van der Waals surface area contributed by atoms with Gasteiger partial charge < -0.3 is 15.4 Å². The predicted molar refractivity (Wildman–Crippen MR) is 88.1 cm³/mol. The summed E-state index contributed by atoms with van der Waals surface area (Å²) in [5.41, 5.74) is 2.94. The van der Waals surface area contributed by atoms with Crippen molar-refractivity contribution in [1.29, 1.82) is 0 Å². The highest BCUT2D eigenvalue weighted by molar-refractivity contribution is 5.91. The number of aryl methyl sites for hydroxylation is 1. The number of anilines is 1. The van der Waals surface area contributed by atoms with Gasteiger partial charge in [0.1, 0.15) is 0 Å². The first-order chi connectivity index (χ1) is 10.3. The molecule has 122 valence electrons. The molecule has 0 radical (unpaired) electrons. The lowest BCUT2D eigenvalue weighted by atomic mass is 9.98. The van der Waals surface area contributed by atoms with E-state index in [4.69, 9.17) is 4.74 Å². The number of amides is 2. The number of para-hydroxylation sites is 1. The molecule has 1 aromatic rings. The third-order valence-electron chi connectivity index (χ3n) is 3.32. The van der Waals surface area contributed by atoms with Gasteiger partial charge in [0.15, 0.2) is 0 Å². The van der Waals surface area contributed by atoms with E-state index in [0.29, 0.717) is 12.5 Å². The Morgan fingerprint density at radius 3 is 2.50 bits per heavy atom. The fraction of sp³-hybridized carbons (Fsp3) is 0.529. The van der Waals surface area contributed by atoms with Crippen LogP contribution < -0.4 is 10.6 Å². The topological polar surface area (TPSA) is 67.4 Å². The average Bonchev–Trinajstić information content (AvgIpc) is 2.40. The molecular weight excluding hydrogens is 280 g/mol. The van der Waals surface area contributed by atoms with Gasteiger partial charge in [-0.3, -0.25) is 4.79 Å². The molecule has 0 bridgehead atoms. The summed E-state index contributed by atoms with van der Waals surface area (Å²) in [5.74, 6) is 0.00113. The summed E-state index contributed by atoms with van der Waals surface area (Å²) < 4.78 is 4.87. The van der Waals surface area contributed by atoms with Crippen molar-refractivity contribution in [3.05, 3.63) is 29.3 Å². The zero-order chi connectivity index (χ0) is 16.7. The molecule has 1 rings (SSSR count). The highest BCUT2D eigenvalue weighted by Gasteiger charge is 2.15. The van der Waals surface area contributed by atoms with Gasteiger partial charge in [-0.2, -0.15) is 0 Å². The third-order valence-corrected chi connectivity index (χ3v) is 3.32. The molecular formula is C17H26N2O3. The average molecular weight is 306 g/mol. The van der Waals surface area contributed by atoms with E-state index in [2.05, 4.69) is 24.5 Å². The predicted octanol–water partition coefficient (Wildman–Crippen LogP) is 3.58. The summed E-state index contributed by atoms with van der Waals surface area (Å²) in [7, 11) is 0. The van der Waals surface area contributed by atoms with E-state index in [0.717, 1.165) is 16.8 Å². The number of urea groups is 1. The summed E-state index contributed by atoms with van der Waals surface area (Å²) in [6.07, 6.45) is 0.159. The monoisotopic (exact) mass is 306 g/mol. The van der Waals surface area contributed by atoms with E-state index in [1.165, 1.54) is 0 Å². The summed E-state index contributed by atoms with van der Waals surface area (Å²) in [6, 6.07) is 5.36. The minimum Gasteiger partial charge on any atom is -0.466 e. The molecule has 0 aliphatic carbocycles. The van der Waals surface area contributed by atoms with Gasteiger partial charge in [0.25, 0.3) is 0 Å². The molecule has 1 atom stereocenters. The Bertz CT molecular complexity index is 527. The Morgan fingerprint density at radius 2 is 1.91 bits per heavy atom. The second-order valence-electron chi connectivity index (χ2n) is 5.70. The van der Waals surface area contributed by atoms with Crippen molar-refractivity contribution in [1.82, 2.24) is 5.32 Å². The number of hydrogen-bond acceptors (Lipinski definition) is 3. The SMILES string of the molecule is CCOC(=O)CC(C)NC(=O)Nc1c(C)cccc1C(C)C. The smallest absolute Gasteiger partial charge is 0.319 e. The zero-order valence-electron chi connectivity index (χ0n) is 14.0. The van der Waals surface area contributed by atoms with Gasteiger partial charge in [-0.25, -0.2) is 4.79 Å². The van der Waals surface area contributed by atoms with Gasteiger partial charge in [0, 0.05) is 11.7 Å². The van der Waals surface area contributed by atoms with E-state index in [1.807, 2.05) is 25.1 Å². The molecule has 0 saturated carbocycles. The van der Waals surface area contributed by atoms with Crippen LogP contribution in [-0.4, -0.2) is 24.6 Å². The van der Waals surface area contributed by atoms with Gasteiger partial charge >= 0.3 is 12.0 Å². The summed E-state index contributed by atoms with van der Waals surface area (Å²) in [4.78, 5) is 23.5. The summed E-state index contributed by atoms with van der Waals surface area (Å²) in [5, 5.41) is 5.65. The number of carbonyl (C=O) groups excluding carboxylic acids is 2. The Morgan fingerprint density at radius 1 is 1.23 bits per heavy atom.